The lowest BCUT2D eigenvalue weighted by atomic mass is 9.92. The second-order valence-corrected chi connectivity index (χ2v) is 7.11. The number of para-hydroxylation sites is 1. The van der Waals surface area contributed by atoms with E-state index in [1.165, 1.54) is 18.4 Å². The van der Waals surface area contributed by atoms with Crippen molar-refractivity contribution in [2.45, 2.75) is 38.6 Å². The van der Waals surface area contributed by atoms with Gasteiger partial charge in [0.25, 0.3) is 0 Å². The van der Waals surface area contributed by atoms with E-state index >= 15 is 0 Å². The lowest BCUT2D eigenvalue weighted by Gasteiger charge is -2.32. The molecule has 2 heterocycles. The third-order valence-corrected chi connectivity index (χ3v) is 5.31. The lowest BCUT2D eigenvalue weighted by molar-refractivity contribution is -0.131. The van der Waals surface area contributed by atoms with Crippen LogP contribution < -0.4 is 4.74 Å². The molecule has 2 saturated heterocycles. The van der Waals surface area contributed by atoms with Crippen molar-refractivity contribution in [1.29, 1.82) is 0 Å². The van der Waals surface area contributed by atoms with Gasteiger partial charge in [-0.25, -0.2) is 0 Å². The largest absolute Gasteiger partial charge is 0.481 e. The van der Waals surface area contributed by atoms with E-state index in [0.29, 0.717) is 18.4 Å². The molecule has 0 aliphatic carbocycles. The molecule has 4 nitrogen and oxygen atoms in total. The smallest absolute Gasteiger partial charge is 0.222 e. The van der Waals surface area contributed by atoms with Crippen molar-refractivity contribution in [2.75, 3.05) is 32.8 Å². The average Bonchev–Trinajstić information content (AvgIpc) is 3.17. The van der Waals surface area contributed by atoms with Crippen molar-refractivity contribution in [3.63, 3.8) is 0 Å². The molecule has 0 aromatic heterocycles. The zero-order valence-corrected chi connectivity index (χ0v) is 15.0. The SMILES string of the molecule is C#CCOc1ccccc1CN1CCC(CC(=O)N2CCCC2)CC1. The average molecular weight is 340 g/mol. The Kier molecular flexibility index (Phi) is 6.36. The predicted octanol–water partition coefficient (Wildman–Crippen LogP) is 2.92. The van der Waals surface area contributed by atoms with Gasteiger partial charge in [0.15, 0.2) is 0 Å². The first kappa shape index (κ1) is 17.8. The van der Waals surface area contributed by atoms with Gasteiger partial charge in [0.05, 0.1) is 0 Å². The summed E-state index contributed by atoms with van der Waals surface area (Å²) in [5.41, 5.74) is 1.18. The van der Waals surface area contributed by atoms with E-state index in [2.05, 4.69) is 16.9 Å². The first-order chi connectivity index (χ1) is 12.3. The van der Waals surface area contributed by atoms with E-state index in [4.69, 9.17) is 11.2 Å². The highest BCUT2D eigenvalue weighted by atomic mass is 16.5. The van der Waals surface area contributed by atoms with Crippen molar-refractivity contribution < 1.29 is 9.53 Å². The maximum atomic E-state index is 12.3. The predicted molar refractivity (Wildman–Crippen MR) is 99.2 cm³/mol. The second-order valence-electron chi connectivity index (χ2n) is 7.11. The fourth-order valence-electron chi connectivity index (χ4n) is 3.83. The third kappa shape index (κ3) is 4.99. The Bertz CT molecular complexity index is 609. The molecule has 2 aliphatic rings. The molecule has 3 rings (SSSR count). The van der Waals surface area contributed by atoms with Gasteiger partial charge in [0.1, 0.15) is 12.4 Å². The van der Waals surface area contributed by atoms with Crippen LogP contribution in [0.5, 0.6) is 5.75 Å². The number of likely N-dealkylation sites (tertiary alicyclic amines) is 2. The van der Waals surface area contributed by atoms with Gasteiger partial charge in [-0.1, -0.05) is 24.1 Å². The molecule has 25 heavy (non-hydrogen) atoms. The number of carbonyl (C=O) groups is 1. The molecule has 2 fully saturated rings. The van der Waals surface area contributed by atoms with Crippen LogP contribution >= 0.6 is 0 Å². The zero-order valence-electron chi connectivity index (χ0n) is 15.0. The van der Waals surface area contributed by atoms with E-state index in [0.717, 1.165) is 57.7 Å². The number of rotatable bonds is 6. The standard InChI is InChI=1S/C21H28N2O2/c1-2-15-25-20-8-4-3-7-19(20)17-22-13-9-18(10-14-22)16-21(24)23-11-5-6-12-23/h1,3-4,7-8,18H,5-6,9-17H2. The number of hydrogen-bond donors (Lipinski definition) is 0. The number of terminal acetylenes is 1. The normalized spacial score (nSPS) is 18.9. The topological polar surface area (TPSA) is 32.8 Å². The highest BCUT2D eigenvalue weighted by Crippen LogP contribution is 2.26. The Hall–Kier alpha value is -1.99. The fourth-order valence-corrected chi connectivity index (χ4v) is 3.83. The summed E-state index contributed by atoms with van der Waals surface area (Å²) in [5, 5.41) is 0. The monoisotopic (exact) mass is 340 g/mol. The Morgan fingerprint density at radius 3 is 2.60 bits per heavy atom. The minimum absolute atomic E-state index is 0.303. The van der Waals surface area contributed by atoms with Crippen LogP contribution in [0.25, 0.3) is 0 Å². The second kappa shape index (κ2) is 8.92. The van der Waals surface area contributed by atoms with Gasteiger partial charge < -0.3 is 9.64 Å². The molecule has 1 amide bonds. The molecule has 0 radical (unpaired) electrons. The Labute approximate surface area is 151 Å². The summed E-state index contributed by atoms with van der Waals surface area (Å²) in [7, 11) is 0. The number of benzene rings is 1. The molecule has 0 saturated carbocycles. The van der Waals surface area contributed by atoms with Gasteiger partial charge in [-0.2, -0.15) is 0 Å². The highest BCUT2D eigenvalue weighted by molar-refractivity contribution is 5.76. The van der Waals surface area contributed by atoms with E-state index in [1.54, 1.807) is 0 Å². The molecule has 0 spiro atoms. The number of carbonyl (C=O) groups excluding carboxylic acids is 1. The van der Waals surface area contributed by atoms with Gasteiger partial charge in [-0.05, 0) is 50.8 Å². The van der Waals surface area contributed by atoms with Gasteiger partial charge in [-0.15, -0.1) is 6.42 Å². The van der Waals surface area contributed by atoms with Crippen LogP contribution in [0.1, 0.15) is 37.7 Å². The summed E-state index contributed by atoms with van der Waals surface area (Å²) >= 11 is 0. The van der Waals surface area contributed by atoms with Crippen LogP contribution in [0.4, 0.5) is 0 Å². The van der Waals surface area contributed by atoms with E-state index in [1.807, 2.05) is 23.1 Å². The zero-order chi connectivity index (χ0) is 17.5. The Balaban J connectivity index is 1.46. The summed E-state index contributed by atoms with van der Waals surface area (Å²) in [4.78, 5) is 16.8. The summed E-state index contributed by atoms with van der Waals surface area (Å²) in [6.07, 6.45) is 10.6. The van der Waals surface area contributed by atoms with Crippen LogP contribution in [0, 0.1) is 18.3 Å². The quantitative estimate of drug-likeness (QED) is 0.747. The minimum Gasteiger partial charge on any atom is -0.481 e. The fraction of sp³-hybridized carbons (Fsp3) is 0.571. The van der Waals surface area contributed by atoms with E-state index in [-0.39, 0.29) is 0 Å². The van der Waals surface area contributed by atoms with Gasteiger partial charge >= 0.3 is 0 Å². The molecule has 2 aliphatic heterocycles. The molecule has 1 aromatic rings. The van der Waals surface area contributed by atoms with Gasteiger partial charge in [0, 0.05) is 31.6 Å². The number of amides is 1. The maximum Gasteiger partial charge on any atom is 0.222 e. The maximum absolute atomic E-state index is 12.3. The van der Waals surface area contributed by atoms with Crippen LogP contribution in [0.2, 0.25) is 0 Å². The molecule has 1 aromatic carbocycles. The van der Waals surface area contributed by atoms with Crippen molar-refractivity contribution in [3.05, 3.63) is 29.8 Å². The first-order valence-electron chi connectivity index (χ1n) is 9.40. The lowest BCUT2D eigenvalue weighted by Crippen LogP contribution is -2.36. The molecule has 0 bridgehead atoms. The summed E-state index contributed by atoms with van der Waals surface area (Å²) < 4.78 is 5.65. The van der Waals surface area contributed by atoms with Gasteiger partial charge in [-0.3, -0.25) is 9.69 Å². The van der Waals surface area contributed by atoms with Gasteiger partial charge in [0.2, 0.25) is 5.91 Å². The molecule has 134 valence electrons. The van der Waals surface area contributed by atoms with Crippen LogP contribution in [0.3, 0.4) is 0 Å². The van der Waals surface area contributed by atoms with Crippen LogP contribution in [0.15, 0.2) is 24.3 Å². The van der Waals surface area contributed by atoms with E-state index < -0.39 is 0 Å². The molecule has 4 heteroatoms. The van der Waals surface area contributed by atoms with Crippen molar-refractivity contribution in [1.82, 2.24) is 9.80 Å². The van der Waals surface area contributed by atoms with Crippen LogP contribution in [-0.4, -0.2) is 48.5 Å². The summed E-state index contributed by atoms with van der Waals surface area (Å²) in [6, 6.07) is 8.11. The Morgan fingerprint density at radius 2 is 1.88 bits per heavy atom. The van der Waals surface area contributed by atoms with Crippen molar-refractivity contribution in [2.24, 2.45) is 5.92 Å². The van der Waals surface area contributed by atoms with Crippen LogP contribution in [-0.2, 0) is 11.3 Å². The highest BCUT2D eigenvalue weighted by Gasteiger charge is 2.25. The van der Waals surface area contributed by atoms with Crippen molar-refractivity contribution >= 4 is 5.91 Å². The summed E-state index contributed by atoms with van der Waals surface area (Å²) in [6.45, 7) is 5.20. The van der Waals surface area contributed by atoms with E-state index in [9.17, 15) is 4.79 Å². The third-order valence-electron chi connectivity index (χ3n) is 5.31. The molecular formula is C21H28N2O2. The number of hydrogen-bond acceptors (Lipinski definition) is 3. The number of piperidine rings is 1. The number of ether oxygens (including phenoxy) is 1. The molecule has 0 atom stereocenters. The minimum atomic E-state index is 0.303. The summed E-state index contributed by atoms with van der Waals surface area (Å²) in [5.74, 6) is 4.31. The van der Waals surface area contributed by atoms with Crippen molar-refractivity contribution in [3.8, 4) is 18.1 Å². The number of nitrogens with zero attached hydrogens (tertiary/aromatic N) is 2. The first-order valence-corrected chi connectivity index (χ1v) is 9.40. The molecule has 0 N–H and O–H groups in total. The molecule has 0 unspecified atom stereocenters. The Morgan fingerprint density at radius 1 is 1.16 bits per heavy atom. The molecular weight excluding hydrogens is 312 g/mol.